The predicted molar refractivity (Wildman–Crippen MR) is 70.0 cm³/mol. The van der Waals surface area contributed by atoms with Crippen molar-refractivity contribution in [1.82, 2.24) is 0 Å². The van der Waals surface area contributed by atoms with Crippen LogP contribution < -0.4 is 0 Å². The van der Waals surface area contributed by atoms with Gasteiger partial charge in [-0.3, -0.25) is 9.59 Å². The van der Waals surface area contributed by atoms with Crippen LogP contribution in [-0.4, -0.2) is 25.2 Å². The summed E-state index contributed by atoms with van der Waals surface area (Å²) in [5, 5.41) is 0. The van der Waals surface area contributed by atoms with Gasteiger partial charge in [0.1, 0.15) is 0 Å². The van der Waals surface area contributed by atoms with Crippen molar-refractivity contribution in [3.05, 3.63) is 0 Å². The van der Waals surface area contributed by atoms with Crippen molar-refractivity contribution in [2.45, 2.75) is 47.5 Å². The first-order valence-corrected chi connectivity index (χ1v) is 6.78. The second kappa shape index (κ2) is 8.95. The average molecular weight is 258 g/mol. The summed E-state index contributed by atoms with van der Waals surface area (Å²) in [4.78, 5) is 23.9. The highest BCUT2D eigenvalue weighted by molar-refractivity contribution is 5.95. The van der Waals surface area contributed by atoms with Crippen LogP contribution >= 0.6 is 0 Å². The minimum absolute atomic E-state index is 0.0845. The fourth-order valence-corrected chi connectivity index (χ4v) is 1.50. The molecule has 4 heteroatoms. The Bertz CT molecular complexity index is 241. The molecule has 0 N–H and O–H groups in total. The van der Waals surface area contributed by atoms with Crippen LogP contribution in [0.2, 0.25) is 0 Å². The van der Waals surface area contributed by atoms with Gasteiger partial charge in [-0.25, -0.2) is 0 Å². The van der Waals surface area contributed by atoms with Crippen LogP contribution in [0.3, 0.4) is 0 Å². The van der Waals surface area contributed by atoms with E-state index in [9.17, 15) is 9.59 Å². The third-order valence-electron chi connectivity index (χ3n) is 2.98. The maximum Gasteiger partial charge on any atom is 0.320 e. The fourth-order valence-electron chi connectivity index (χ4n) is 1.50. The number of rotatable bonds is 8. The van der Waals surface area contributed by atoms with Gasteiger partial charge in [0.05, 0.1) is 13.2 Å². The molecule has 0 heterocycles. The van der Waals surface area contributed by atoms with Gasteiger partial charge in [0.15, 0.2) is 5.92 Å². The first kappa shape index (κ1) is 16.9. The van der Waals surface area contributed by atoms with E-state index in [0.29, 0.717) is 13.2 Å². The number of carbonyl (C=O) groups is 2. The molecule has 0 aliphatic carbocycles. The van der Waals surface area contributed by atoms with Crippen LogP contribution in [-0.2, 0) is 19.1 Å². The Morgan fingerprint density at radius 1 is 0.889 bits per heavy atom. The first-order chi connectivity index (χ1) is 8.45. The molecule has 0 rings (SSSR count). The van der Waals surface area contributed by atoms with E-state index in [1.165, 1.54) is 0 Å². The van der Waals surface area contributed by atoms with E-state index in [0.717, 1.165) is 12.8 Å². The van der Waals surface area contributed by atoms with Crippen molar-refractivity contribution in [3.63, 3.8) is 0 Å². The van der Waals surface area contributed by atoms with E-state index in [2.05, 4.69) is 0 Å². The maximum atomic E-state index is 11.9. The molecule has 0 aromatic rings. The molecule has 18 heavy (non-hydrogen) atoms. The first-order valence-electron chi connectivity index (χ1n) is 6.78. The quantitative estimate of drug-likeness (QED) is 0.496. The summed E-state index contributed by atoms with van der Waals surface area (Å²) in [5.41, 5.74) is 0. The molecular formula is C14H26O4. The van der Waals surface area contributed by atoms with Crippen molar-refractivity contribution in [1.29, 1.82) is 0 Å². The number of hydrogen-bond donors (Lipinski definition) is 0. The SMILES string of the molecule is CCCOC(=O)C(C(=O)OCCC)C(C)C(C)C. The third-order valence-corrected chi connectivity index (χ3v) is 2.98. The van der Waals surface area contributed by atoms with Gasteiger partial charge >= 0.3 is 11.9 Å². The Balaban J connectivity index is 4.70. The average Bonchev–Trinajstić information content (AvgIpc) is 2.33. The molecule has 0 saturated carbocycles. The van der Waals surface area contributed by atoms with E-state index in [4.69, 9.17) is 9.47 Å². The minimum atomic E-state index is -0.803. The van der Waals surface area contributed by atoms with Gasteiger partial charge in [-0.2, -0.15) is 0 Å². The zero-order chi connectivity index (χ0) is 14.1. The number of esters is 2. The zero-order valence-electron chi connectivity index (χ0n) is 12.2. The third kappa shape index (κ3) is 5.52. The molecule has 0 aromatic carbocycles. The van der Waals surface area contributed by atoms with E-state index in [1.54, 1.807) is 0 Å². The number of hydrogen-bond acceptors (Lipinski definition) is 4. The zero-order valence-corrected chi connectivity index (χ0v) is 12.2. The van der Waals surface area contributed by atoms with Crippen LogP contribution in [0.25, 0.3) is 0 Å². The summed E-state index contributed by atoms with van der Waals surface area (Å²) in [5.74, 6) is -1.58. The molecule has 0 radical (unpaired) electrons. The molecule has 0 aromatic heterocycles. The van der Waals surface area contributed by atoms with E-state index in [-0.39, 0.29) is 11.8 Å². The van der Waals surface area contributed by atoms with Gasteiger partial charge in [0.2, 0.25) is 0 Å². The van der Waals surface area contributed by atoms with Crippen molar-refractivity contribution >= 4 is 11.9 Å². The summed E-state index contributed by atoms with van der Waals surface area (Å²) in [6.45, 7) is 10.4. The van der Waals surface area contributed by atoms with Crippen molar-refractivity contribution in [2.75, 3.05) is 13.2 Å². The molecule has 0 amide bonds. The summed E-state index contributed by atoms with van der Waals surface area (Å²) in [7, 11) is 0. The standard InChI is InChI=1S/C14H26O4/c1-6-8-17-13(15)12(11(5)10(3)4)14(16)18-9-7-2/h10-12H,6-9H2,1-5H3. The van der Waals surface area contributed by atoms with Gasteiger partial charge in [0.25, 0.3) is 0 Å². The molecule has 0 aliphatic heterocycles. The Labute approximate surface area is 110 Å². The van der Waals surface area contributed by atoms with E-state index in [1.807, 2.05) is 34.6 Å². The molecule has 1 atom stereocenters. The van der Waals surface area contributed by atoms with Crippen molar-refractivity contribution in [2.24, 2.45) is 17.8 Å². The second-order valence-electron chi connectivity index (χ2n) is 4.92. The highest BCUT2D eigenvalue weighted by Gasteiger charge is 2.36. The summed E-state index contributed by atoms with van der Waals surface area (Å²) >= 11 is 0. The molecule has 0 bridgehead atoms. The highest BCUT2D eigenvalue weighted by atomic mass is 16.6. The Morgan fingerprint density at radius 3 is 1.56 bits per heavy atom. The van der Waals surface area contributed by atoms with Crippen LogP contribution in [0, 0.1) is 17.8 Å². The maximum absolute atomic E-state index is 11.9. The number of ether oxygens (including phenoxy) is 2. The summed E-state index contributed by atoms with van der Waals surface area (Å²) in [6, 6.07) is 0. The van der Waals surface area contributed by atoms with Crippen LogP contribution in [0.5, 0.6) is 0 Å². The lowest BCUT2D eigenvalue weighted by molar-refractivity contribution is -0.165. The largest absolute Gasteiger partial charge is 0.465 e. The molecule has 1 unspecified atom stereocenters. The smallest absolute Gasteiger partial charge is 0.320 e. The Kier molecular flexibility index (Phi) is 8.42. The Morgan fingerprint density at radius 2 is 1.28 bits per heavy atom. The molecular weight excluding hydrogens is 232 g/mol. The van der Waals surface area contributed by atoms with Gasteiger partial charge in [0, 0.05) is 0 Å². The van der Waals surface area contributed by atoms with Crippen molar-refractivity contribution in [3.8, 4) is 0 Å². The molecule has 4 nitrogen and oxygen atoms in total. The van der Waals surface area contributed by atoms with Gasteiger partial charge < -0.3 is 9.47 Å². The molecule has 0 aliphatic rings. The highest BCUT2D eigenvalue weighted by Crippen LogP contribution is 2.23. The molecule has 106 valence electrons. The molecule has 0 fully saturated rings. The van der Waals surface area contributed by atoms with Crippen molar-refractivity contribution < 1.29 is 19.1 Å². The van der Waals surface area contributed by atoms with Gasteiger partial charge in [-0.15, -0.1) is 0 Å². The van der Waals surface area contributed by atoms with Crippen LogP contribution in [0.1, 0.15) is 47.5 Å². The topological polar surface area (TPSA) is 52.6 Å². The lowest BCUT2D eigenvalue weighted by Gasteiger charge is -2.23. The van der Waals surface area contributed by atoms with E-state index < -0.39 is 17.9 Å². The van der Waals surface area contributed by atoms with E-state index >= 15 is 0 Å². The fraction of sp³-hybridized carbons (Fsp3) is 0.857. The molecule has 0 saturated heterocycles. The Hall–Kier alpha value is -1.06. The van der Waals surface area contributed by atoms with Gasteiger partial charge in [-0.1, -0.05) is 34.6 Å². The second-order valence-corrected chi connectivity index (χ2v) is 4.92. The lowest BCUT2D eigenvalue weighted by atomic mass is 9.85. The molecule has 0 spiro atoms. The summed E-state index contributed by atoms with van der Waals surface area (Å²) < 4.78 is 10.2. The monoisotopic (exact) mass is 258 g/mol. The lowest BCUT2D eigenvalue weighted by Crippen LogP contribution is -2.35. The normalized spacial score (nSPS) is 12.6. The van der Waals surface area contributed by atoms with Crippen LogP contribution in [0.15, 0.2) is 0 Å². The van der Waals surface area contributed by atoms with Crippen LogP contribution in [0.4, 0.5) is 0 Å². The number of carbonyl (C=O) groups excluding carboxylic acids is 2. The predicted octanol–water partition coefficient (Wildman–Crippen LogP) is 2.80. The van der Waals surface area contributed by atoms with Gasteiger partial charge in [-0.05, 0) is 24.7 Å². The summed E-state index contributed by atoms with van der Waals surface area (Å²) in [6.07, 6.45) is 1.50. The minimum Gasteiger partial charge on any atom is -0.465 e.